The van der Waals surface area contributed by atoms with Crippen molar-refractivity contribution >= 4 is 15.9 Å². The van der Waals surface area contributed by atoms with Gasteiger partial charge in [0.25, 0.3) is 6.48 Å². The summed E-state index contributed by atoms with van der Waals surface area (Å²) in [6.45, 7) is 14.1. The second kappa shape index (κ2) is 8.02. The first kappa shape index (κ1) is 22.8. The molecule has 164 valence electrons. The van der Waals surface area contributed by atoms with Gasteiger partial charge in [0.1, 0.15) is 18.3 Å². The minimum absolute atomic E-state index is 0.00938. The van der Waals surface area contributed by atoms with Gasteiger partial charge in [0.15, 0.2) is 8.32 Å². The summed E-state index contributed by atoms with van der Waals surface area (Å²) in [6.07, 6.45) is -2.68. The fourth-order valence-electron chi connectivity index (χ4n) is 3.90. The molecule has 1 N–H and O–H groups in total. The van der Waals surface area contributed by atoms with E-state index in [4.69, 9.17) is 27.7 Å². The summed E-state index contributed by atoms with van der Waals surface area (Å²) >= 11 is 0. The van der Waals surface area contributed by atoms with Gasteiger partial charge in [-0.15, -0.1) is 0 Å². The molecule has 0 spiro atoms. The molecule has 0 aromatic rings. The van der Waals surface area contributed by atoms with E-state index in [1.807, 2.05) is 0 Å². The van der Waals surface area contributed by atoms with Crippen LogP contribution in [0.2, 0.25) is 18.1 Å². The highest BCUT2D eigenvalue weighted by Gasteiger charge is 2.64. The lowest BCUT2D eigenvalue weighted by atomic mass is 9.77. The molecule has 7 atom stereocenters. The van der Waals surface area contributed by atoms with E-state index in [-0.39, 0.29) is 30.3 Å². The van der Waals surface area contributed by atoms with Crippen molar-refractivity contribution in [3.63, 3.8) is 0 Å². The second-order valence-corrected chi connectivity index (χ2v) is 16.1. The van der Waals surface area contributed by atoms with Gasteiger partial charge in [-0.3, -0.25) is 4.57 Å². The maximum Gasteiger partial charge on any atom is 0.331 e. The Morgan fingerprint density at radius 2 is 1.54 bits per heavy atom. The molecule has 4 rings (SSSR count). The molecule has 3 heterocycles. The normalized spacial score (nSPS) is 38.2. The van der Waals surface area contributed by atoms with Crippen LogP contribution in [0.4, 0.5) is 0 Å². The molecule has 8 nitrogen and oxygen atoms in total. The minimum Gasteiger partial charge on any atom is -0.408 e. The van der Waals surface area contributed by atoms with E-state index in [9.17, 15) is 9.67 Å². The van der Waals surface area contributed by atoms with Crippen molar-refractivity contribution < 1.29 is 37.4 Å². The minimum atomic E-state index is -3.34. The van der Waals surface area contributed by atoms with Crippen molar-refractivity contribution in [1.29, 1.82) is 0 Å². The van der Waals surface area contributed by atoms with Crippen molar-refractivity contribution in [2.75, 3.05) is 19.4 Å². The fraction of sp³-hybridized carbons (Fsp3) is 1.00. The van der Waals surface area contributed by atoms with Crippen LogP contribution in [0.5, 0.6) is 0 Å². The Morgan fingerprint density at radius 3 is 2.07 bits per heavy atom. The molecular weight excluding hydrogens is 403 g/mol. The van der Waals surface area contributed by atoms with Crippen molar-refractivity contribution in [2.24, 2.45) is 5.92 Å². The van der Waals surface area contributed by atoms with Gasteiger partial charge < -0.3 is 32.8 Å². The quantitative estimate of drug-likeness (QED) is 0.457. The van der Waals surface area contributed by atoms with Crippen molar-refractivity contribution in [3.8, 4) is 0 Å². The summed E-state index contributed by atoms with van der Waals surface area (Å²) < 4.78 is 48.2. The van der Waals surface area contributed by atoms with Crippen LogP contribution in [0.1, 0.15) is 34.6 Å². The predicted molar refractivity (Wildman–Crippen MR) is 106 cm³/mol. The number of rotatable bonds is 8. The predicted octanol–water partition coefficient (Wildman–Crippen LogP) is 3.10. The third-order valence-electron chi connectivity index (χ3n) is 6.29. The van der Waals surface area contributed by atoms with E-state index in [0.717, 1.165) is 0 Å². The van der Waals surface area contributed by atoms with E-state index < -0.39 is 52.9 Å². The first-order chi connectivity index (χ1) is 12.9. The topological polar surface area (TPSA) is 92.7 Å². The number of aliphatic hydroxyl groups is 1. The molecule has 4 aliphatic rings. The molecule has 1 unspecified atom stereocenters. The third kappa shape index (κ3) is 4.15. The lowest BCUT2D eigenvalue weighted by molar-refractivity contribution is -0.473. The summed E-state index contributed by atoms with van der Waals surface area (Å²) in [4.78, 5) is 0. The Labute approximate surface area is 168 Å². The average molecular weight is 439 g/mol. The average Bonchev–Trinajstić information content (AvgIpc) is 2.56. The summed E-state index contributed by atoms with van der Waals surface area (Å²) in [5.74, 6) is -0.370. The molecule has 4 bridgehead atoms. The molecule has 0 radical (unpaired) electrons. The summed E-state index contributed by atoms with van der Waals surface area (Å²) in [6, 6.07) is 0. The van der Waals surface area contributed by atoms with Crippen LogP contribution in [0.25, 0.3) is 0 Å². The lowest BCUT2D eigenvalue weighted by Gasteiger charge is -2.60. The van der Waals surface area contributed by atoms with Gasteiger partial charge in [0.05, 0.1) is 31.6 Å². The number of aliphatic hydroxyl groups excluding tert-OH is 1. The van der Waals surface area contributed by atoms with Crippen LogP contribution in [-0.4, -0.2) is 69.8 Å². The smallest absolute Gasteiger partial charge is 0.331 e. The van der Waals surface area contributed by atoms with E-state index in [1.165, 1.54) is 0 Å². The van der Waals surface area contributed by atoms with E-state index in [2.05, 4.69) is 33.9 Å². The zero-order chi connectivity index (χ0) is 20.9. The molecule has 28 heavy (non-hydrogen) atoms. The number of ether oxygens (including phenoxy) is 3. The van der Waals surface area contributed by atoms with Gasteiger partial charge >= 0.3 is 7.60 Å². The second-order valence-electron chi connectivity index (χ2n) is 9.22. The van der Waals surface area contributed by atoms with Crippen LogP contribution in [0.3, 0.4) is 0 Å². The Hall–Kier alpha value is 0.167. The highest BCUT2D eigenvalue weighted by Crippen LogP contribution is 2.55. The van der Waals surface area contributed by atoms with Gasteiger partial charge in [-0.05, 0) is 32.0 Å². The van der Waals surface area contributed by atoms with Crippen molar-refractivity contribution in [3.05, 3.63) is 0 Å². The van der Waals surface area contributed by atoms with Gasteiger partial charge in [-0.2, -0.15) is 0 Å². The van der Waals surface area contributed by atoms with Crippen LogP contribution >= 0.6 is 7.60 Å². The van der Waals surface area contributed by atoms with E-state index >= 15 is 0 Å². The Morgan fingerprint density at radius 1 is 1.00 bits per heavy atom. The van der Waals surface area contributed by atoms with Crippen LogP contribution in [-0.2, 0) is 32.2 Å². The molecule has 0 amide bonds. The molecular formula is C18H35O8PSi. The molecule has 1 aliphatic carbocycles. The van der Waals surface area contributed by atoms with Gasteiger partial charge in [-0.1, -0.05) is 20.8 Å². The summed E-state index contributed by atoms with van der Waals surface area (Å²) in [7, 11) is -5.50. The zero-order valence-corrected chi connectivity index (χ0v) is 19.8. The van der Waals surface area contributed by atoms with Crippen molar-refractivity contribution in [2.45, 2.75) is 89.7 Å². The largest absolute Gasteiger partial charge is 0.408 e. The standard InChI is InChI=1S/C18H35O8PSi/c1-8-21-27(20,22-9-2)10-11-13-12(19)15-16(14(11)24-17(23-13)25-15)26-28(6,7)18(3,4)5/h11-17,19H,8-10H2,1-7H3/t11-,12-,13+,14-,15+,16-,17?/m0/s1. The highest BCUT2D eigenvalue weighted by molar-refractivity contribution is 7.53. The maximum absolute atomic E-state index is 13.2. The third-order valence-corrected chi connectivity index (χ3v) is 12.9. The Balaban J connectivity index is 1.87. The Kier molecular flexibility index (Phi) is 6.54. The number of hydrogen-bond donors (Lipinski definition) is 1. The monoisotopic (exact) mass is 438 g/mol. The molecule has 4 fully saturated rings. The summed E-state index contributed by atoms with van der Waals surface area (Å²) in [5.41, 5.74) is 0. The molecule has 1 saturated carbocycles. The SMILES string of the molecule is CCOP(=O)(C[C@H]1[C@H]2OC3O[C@H]([C@H]2O)[C@@H](O[Si](C)(C)C(C)(C)C)[C@H]1O3)OCC. The Bertz CT molecular complexity index is 599. The molecule has 3 saturated heterocycles. The van der Waals surface area contributed by atoms with Crippen molar-refractivity contribution in [1.82, 2.24) is 0 Å². The van der Waals surface area contributed by atoms with Gasteiger partial charge in [0, 0.05) is 5.92 Å². The molecule has 10 heteroatoms. The zero-order valence-electron chi connectivity index (χ0n) is 17.9. The van der Waals surface area contributed by atoms with Crippen LogP contribution < -0.4 is 0 Å². The fourth-order valence-corrected chi connectivity index (χ4v) is 7.21. The highest BCUT2D eigenvalue weighted by atomic mass is 31.2. The van der Waals surface area contributed by atoms with Crippen LogP contribution in [0, 0.1) is 5.92 Å². The maximum atomic E-state index is 13.2. The van der Waals surface area contributed by atoms with Gasteiger partial charge in [0.2, 0.25) is 0 Å². The molecule has 0 aromatic heterocycles. The van der Waals surface area contributed by atoms with E-state index in [1.54, 1.807) is 13.8 Å². The summed E-state index contributed by atoms with van der Waals surface area (Å²) in [5, 5.41) is 10.9. The molecule has 0 aromatic carbocycles. The number of hydrogen-bond acceptors (Lipinski definition) is 8. The molecule has 3 aliphatic heterocycles. The first-order valence-corrected chi connectivity index (χ1v) is 14.8. The van der Waals surface area contributed by atoms with Gasteiger partial charge in [-0.25, -0.2) is 0 Å². The first-order valence-electron chi connectivity index (χ1n) is 10.1. The van der Waals surface area contributed by atoms with Crippen LogP contribution in [0.15, 0.2) is 0 Å². The lowest BCUT2D eigenvalue weighted by Crippen LogP contribution is -2.75. The van der Waals surface area contributed by atoms with E-state index in [0.29, 0.717) is 0 Å².